The maximum atomic E-state index is 13.5. The van der Waals surface area contributed by atoms with E-state index in [1.54, 1.807) is 20.0 Å². The van der Waals surface area contributed by atoms with Gasteiger partial charge in [0, 0.05) is 48.3 Å². The van der Waals surface area contributed by atoms with Crippen LogP contribution in [0.3, 0.4) is 0 Å². The molecule has 5 unspecified atom stereocenters. The maximum absolute atomic E-state index is 13.5. The summed E-state index contributed by atoms with van der Waals surface area (Å²) in [6.45, 7) is 3.51. The van der Waals surface area contributed by atoms with Gasteiger partial charge in [-0.2, -0.15) is 0 Å². The van der Waals surface area contributed by atoms with Crippen molar-refractivity contribution in [2.45, 2.75) is 70.1 Å². The first-order valence-corrected chi connectivity index (χ1v) is 13.7. The van der Waals surface area contributed by atoms with Crippen LogP contribution >= 0.6 is 0 Å². The smallest absolute Gasteiger partial charge is 0.326 e. The third-order valence-corrected chi connectivity index (χ3v) is 7.15. The molecule has 0 fully saturated rings. The monoisotopic (exact) mass is 582 g/mol. The predicted octanol–water partition coefficient (Wildman–Crippen LogP) is -0.146. The number of carboxylic acids is 1. The van der Waals surface area contributed by atoms with Crippen molar-refractivity contribution in [1.82, 2.24) is 30.9 Å². The highest BCUT2D eigenvalue weighted by Crippen LogP contribution is 2.20. The van der Waals surface area contributed by atoms with Gasteiger partial charge in [0.1, 0.15) is 18.1 Å². The number of carbonyl (C=O) groups excluding carboxylic acids is 4. The molecule has 2 aromatic heterocycles. The van der Waals surface area contributed by atoms with Crippen LogP contribution in [0, 0.1) is 5.92 Å². The number of aromatic nitrogens is 3. The highest BCUT2D eigenvalue weighted by molar-refractivity contribution is 5.95. The summed E-state index contributed by atoms with van der Waals surface area (Å²) < 4.78 is 0. The van der Waals surface area contributed by atoms with E-state index in [-0.39, 0.29) is 31.6 Å². The molecule has 0 radical (unpaired) electrons. The number of carboxylic acid groups (broad SMARTS) is 1. The predicted molar refractivity (Wildman–Crippen MR) is 154 cm³/mol. The maximum Gasteiger partial charge on any atom is 0.326 e. The highest BCUT2D eigenvalue weighted by Gasteiger charge is 2.32. The molecule has 0 saturated heterocycles. The molecule has 14 nitrogen and oxygen atoms in total. The number of nitrogens with two attached hydrogens (primary N) is 2. The summed E-state index contributed by atoms with van der Waals surface area (Å²) in [6, 6.07) is 2.71. The number of carbonyl (C=O) groups is 5. The number of amides is 4. The molecule has 1 aromatic carbocycles. The third kappa shape index (κ3) is 8.64. The number of fused-ring (bicyclic) bond motifs is 1. The SMILES string of the molecule is CCC(C)C(NC(=O)C(Cc1c[nH]c2ccccc12)NC(=O)C(CCC(N)=O)NC(=O)C(N)Cc1cnc[nH]1)C(=O)O. The van der Waals surface area contributed by atoms with Crippen LogP contribution in [0.25, 0.3) is 10.9 Å². The van der Waals surface area contributed by atoms with E-state index >= 15 is 0 Å². The summed E-state index contributed by atoms with van der Waals surface area (Å²) in [6.07, 6.45) is 4.94. The van der Waals surface area contributed by atoms with Gasteiger partial charge in [0.2, 0.25) is 23.6 Å². The fourth-order valence-corrected chi connectivity index (χ4v) is 4.50. The largest absolute Gasteiger partial charge is 0.480 e. The lowest BCUT2D eigenvalue weighted by molar-refractivity contribution is -0.143. The molecule has 0 saturated carbocycles. The van der Waals surface area contributed by atoms with Crippen LogP contribution in [0.4, 0.5) is 0 Å². The molecule has 5 atom stereocenters. The second-order valence-corrected chi connectivity index (χ2v) is 10.3. The summed E-state index contributed by atoms with van der Waals surface area (Å²) in [5.74, 6) is -4.39. The Hall–Kier alpha value is -4.72. The minimum atomic E-state index is -1.25. The number of H-pyrrole nitrogens is 2. The van der Waals surface area contributed by atoms with Gasteiger partial charge in [-0.05, 0) is 24.0 Å². The van der Waals surface area contributed by atoms with Gasteiger partial charge in [-0.25, -0.2) is 9.78 Å². The van der Waals surface area contributed by atoms with Gasteiger partial charge < -0.3 is 42.5 Å². The Morgan fingerprint density at radius 3 is 2.31 bits per heavy atom. The van der Waals surface area contributed by atoms with Crippen LogP contribution in [-0.4, -0.2) is 73.8 Å². The van der Waals surface area contributed by atoms with Crippen molar-refractivity contribution in [3.05, 3.63) is 54.2 Å². The van der Waals surface area contributed by atoms with E-state index in [1.165, 1.54) is 12.5 Å². The number of primary amides is 1. The van der Waals surface area contributed by atoms with Crippen molar-refractivity contribution in [2.24, 2.45) is 17.4 Å². The molecule has 3 rings (SSSR count). The average molecular weight is 583 g/mol. The van der Waals surface area contributed by atoms with Crippen LogP contribution in [0.15, 0.2) is 43.0 Å². The van der Waals surface area contributed by atoms with Gasteiger partial charge in [-0.1, -0.05) is 38.5 Å². The van der Waals surface area contributed by atoms with Crippen LogP contribution in [0.2, 0.25) is 0 Å². The Kier molecular flexibility index (Phi) is 11.2. The van der Waals surface area contributed by atoms with Crippen LogP contribution < -0.4 is 27.4 Å². The second-order valence-electron chi connectivity index (χ2n) is 10.3. The van der Waals surface area contributed by atoms with Crippen molar-refractivity contribution in [1.29, 1.82) is 0 Å². The lowest BCUT2D eigenvalue weighted by atomic mass is 9.97. The van der Waals surface area contributed by atoms with Gasteiger partial charge in [0.15, 0.2) is 0 Å². The molecule has 14 heteroatoms. The molecule has 3 aromatic rings. The topological polar surface area (TPSA) is 238 Å². The van der Waals surface area contributed by atoms with E-state index in [0.29, 0.717) is 17.7 Å². The summed E-state index contributed by atoms with van der Waals surface area (Å²) in [5.41, 5.74) is 13.5. The number of imidazole rings is 1. The summed E-state index contributed by atoms with van der Waals surface area (Å²) >= 11 is 0. The minimum absolute atomic E-state index is 0.0181. The molecular weight excluding hydrogens is 544 g/mol. The number of rotatable bonds is 16. The first-order chi connectivity index (χ1) is 20.0. The highest BCUT2D eigenvalue weighted by atomic mass is 16.4. The lowest BCUT2D eigenvalue weighted by Crippen LogP contribution is -2.58. The van der Waals surface area contributed by atoms with Crippen LogP contribution in [0.5, 0.6) is 0 Å². The summed E-state index contributed by atoms with van der Waals surface area (Å²) in [5, 5.41) is 18.3. The zero-order chi connectivity index (χ0) is 30.8. The Labute approximate surface area is 242 Å². The number of hydrogen-bond acceptors (Lipinski definition) is 7. The van der Waals surface area contributed by atoms with Crippen LogP contribution in [-0.2, 0) is 36.8 Å². The zero-order valence-electron chi connectivity index (χ0n) is 23.6. The van der Waals surface area contributed by atoms with Gasteiger partial charge >= 0.3 is 5.97 Å². The van der Waals surface area contributed by atoms with E-state index in [2.05, 4.69) is 30.9 Å². The van der Waals surface area contributed by atoms with Gasteiger partial charge in [0.25, 0.3) is 0 Å². The minimum Gasteiger partial charge on any atom is -0.480 e. The van der Waals surface area contributed by atoms with Crippen molar-refractivity contribution in [3.63, 3.8) is 0 Å². The number of hydrogen-bond donors (Lipinski definition) is 8. The van der Waals surface area contributed by atoms with E-state index < -0.39 is 53.8 Å². The molecule has 226 valence electrons. The Bertz CT molecular complexity index is 1390. The molecule has 0 aliphatic heterocycles. The number of nitrogens with zero attached hydrogens (tertiary/aromatic N) is 1. The van der Waals surface area contributed by atoms with E-state index in [4.69, 9.17) is 11.5 Å². The number of nitrogens with one attached hydrogen (secondary N) is 5. The number of aromatic amines is 2. The van der Waals surface area contributed by atoms with E-state index in [9.17, 15) is 29.1 Å². The van der Waals surface area contributed by atoms with E-state index in [0.717, 1.165) is 10.9 Å². The second kappa shape index (κ2) is 14.8. The van der Waals surface area contributed by atoms with Crippen molar-refractivity contribution >= 4 is 40.5 Å². The van der Waals surface area contributed by atoms with Gasteiger partial charge in [-0.3, -0.25) is 19.2 Å². The zero-order valence-corrected chi connectivity index (χ0v) is 23.6. The molecule has 4 amide bonds. The Balaban J connectivity index is 1.84. The molecule has 2 heterocycles. The summed E-state index contributed by atoms with van der Waals surface area (Å²) in [7, 11) is 0. The summed E-state index contributed by atoms with van der Waals surface area (Å²) in [4.78, 5) is 73.1. The fraction of sp³-hybridized carbons (Fsp3) is 0.429. The quantitative estimate of drug-likeness (QED) is 0.113. The van der Waals surface area contributed by atoms with Crippen LogP contribution in [0.1, 0.15) is 44.4 Å². The molecule has 0 bridgehead atoms. The number of aliphatic carboxylic acids is 1. The molecule has 0 aliphatic carbocycles. The molecule has 10 N–H and O–H groups in total. The van der Waals surface area contributed by atoms with Crippen molar-refractivity contribution in [3.8, 4) is 0 Å². The molecule has 0 spiro atoms. The first kappa shape index (κ1) is 31.8. The van der Waals surface area contributed by atoms with Crippen molar-refractivity contribution < 1.29 is 29.1 Å². The normalized spacial score (nSPS) is 14.7. The standard InChI is InChI=1S/C28H38N8O6/c1-3-15(2)24(28(41)42)36-27(40)22(10-16-12-32-20-7-5-4-6-18(16)20)35-26(39)21(8-9-23(30)37)34-25(38)19(29)11-17-13-31-14-33-17/h4-7,12-15,19,21-22,24,32H,3,8-11,29H2,1-2H3,(H2,30,37)(H,31,33)(H,34,38)(H,35,39)(H,36,40)(H,41,42). The molecule has 42 heavy (non-hydrogen) atoms. The third-order valence-electron chi connectivity index (χ3n) is 7.15. The van der Waals surface area contributed by atoms with Gasteiger partial charge in [0.05, 0.1) is 12.4 Å². The molecule has 0 aliphatic rings. The number of benzene rings is 1. The van der Waals surface area contributed by atoms with Crippen molar-refractivity contribution in [2.75, 3.05) is 0 Å². The Morgan fingerprint density at radius 1 is 0.976 bits per heavy atom. The fourth-order valence-electron chi connectivity index (χ4n) is 4.50. The van der Waals surface area contributed by atoms with Gasteiger partial charge in [-0.15, -0.1) is 0 Å². The Morgan fingerprint density at radius 2 is 1.67 bits per heavy atom. The average Bonchev–Trinajstić information content (AvgIpc) is 3.62. The first-order valence-electron chi connectivity index (χ1n) is 13.7. The lowest BCUT2D eigenvalue weighted by Gasteiger charge is -2.26. The van der Waals surface area contributed by atoms with E-state index in [1.807, 2.05) is 24.3 Å². The molecular formula is C28H38N8O6. The number of para-hydroxylation sites is 1.